The van der Waals surface area contributed by atoms with Crippen LogP contribution in [-0.2, 0) is 21.2 Å². The van der Waals surface area contributed by atoms with Crippen LogP contribution in [0.15, 0.2) is 42.7 Å². The van der Waals surface area contributed by atoms with Crippen LogP contribution in [0.1, 0.15) is 17.0 Å². The maximum Gasteiger partial charge on any atom is 0.235 e. The van der Waals surface area contributed by atoms with E-state index in [4.69, 9.17) is 11.6 Å². The van der Waals surface area contributed by atoms with Crippen molar-refractivity contribution in [1.82, 2.24) is 9.71 Å². The number of carbonyl (C=O) groups is 1. The molecule has 1 amide bonds. The molecule has 2 heterocycles. The predicted octanol–water partition coefficient (Wildman–Crippen LogP) is 1.96. The molecular formula is C17H18ClN3O3S. The third kappa shape index (κ3) is 4.18. The first kappa shape index (κ1) is 17.8. The summed E-state index contributed by atoms with van der Waals surface area (Å²) < 4.78 is 25.4. The SMILES string of the molecule is CS(=O)(=O)NC[C@@H](C(=O)N1CCc2ccncc21)c1ccc(Cl)cc1. The summed E-state index contributed by atoms with van der Waals surface area (Å²) in [5.41, 5.74) is 2.56. The number of fused-ring (bicyclic) bond motifs is 1. The summed E-state index contributed by atoms with van der Waals surface area (Å²) in [5, 5.41) is 0.557. The quantitative estimate of drug-likeness (QED) is 0.861. The zero-order valence-corrected chi connectivity index (χ0v) is 15.2. The molecule has 0 saturated heterocycles. The summed E-state index contributed by atoms with van der Waals surface area (Å²) in [4.78, 5) is 18.9. The smallest absolute Gasteiger partial charge is 0.235 e. The molecule has 1 aliphatic heterocycles. The fourth-order valence-corrected chi connectivity index (χ4v) is 3.51. The Hall–Kier alpha value is -1.96. The Morgan fingerprint density at radius 3 is 2.72 bits per heavy atom. The van der Waals surface area contributed by atoms with Crippen molar-refractivity contribution in [3.05, 3.63) is 58.9 Å². The summed E-state index contributed by atoms with van der Waals surface area (Å²) in [6.45, 7) is 0.550. The maximum absolute atomic E-state index is 13.1. The molecule has 0 radical (unpaired) electrons. The Morgan fingerprint density at radius 2 is 2.04 bits per heavy atom. The minimum Gasteiger partial charge on any atom is -0.310 e. The van der Waals surface area contributed by atoms with E-state index >= 15 is 0 Å². The Bertz CT molecular complexity index is 884. The molecule has 3 rings (SSSR count). The Kier molecular flexibility index (Phi) is 5.08. The fourth-order valence-electron chi connectivity index (χ4n) is 2.92. The van der Waals surface area contributed by atoms with E-state index in [0.717, 1.165) is 23.9 Å². The van der Waals surface area contributed by atoms with E-state index in [1.54, 1.807) is 41.6 Å². The lowest BCUT2D eigenvalue weighted by Gasteiger charge is -2.24. The first-order chi connectivity index (χ1) is 11.8. The molecule has 132 valence electrons. The Balaban J connectivity index is 1.91. The summed E-state index contributed by atoms with van der Waals surface area (Å²) in [6.07, 6.45) is 5.21. The standard InChI is InChI=1S/C17H18ClN3O3S/c1-25(23,24)20-10-15(12-2-4-14(18)5-3-12)17(22)21-9-7-13-6-8-19-11-16(13)21/h2-6,8,11,15,20H,7,9-10H2,1H3/t15-/m1/s1. The molecule has 0 aliphatic carbocycles. The number of anilines is 1. The van der Waals surface area contributed by atoms with Crippen LogP contribution in [-0.4, -0.2) is 38.7 Å². The van der Waals surface area contributed by atoms with Gasteiger partial charge in [0.25, 0.3) is 0 Å². The summed E-state index contributed by atoms with van der Waals surface area (Å²) in [7, 11) is -3.41. The second kappa shape index (κ2) is 7.11. The van der Waals surface area contributed by atoms with Crippen molar-refractivity contribution in [1.29, 1.82) is 0 Å². The lowest BCUT2D eigenvalue weighted by atomic mass is 9.97. The van der Waals surface area contributed by atoms with Gasteiger partial charge in [-0.15, -0.1) is 0 Å². The average Bonchev–Trinajstić information content (AvgIpc) is 2.99. The second-order valence-electron chi connectivity index (χ2n) is 5.97. The van der Waals surface area contributed by atoms with Crippen LogP contribution in [0.4, 0.5) is 5.69 Å². The number of sulfonamides is 1. The number of rotatable bonds is 5. The van der Waals surface area contributed by atoms with Crippen molar-refractivity contribution in [3.63, 3.8) is 0 Å². The van der Waals surface area contributed by atoms with Crippen LogP contribution in [0.25, 0.3) is 0 Å². The number of benzene rings is 1. The van der Waals surface area contributed by atoms with Gasteiger partial charge in [-0.05, 0) is 35.7 Å². The van der Waals surface area contributed by atoms with Gasteiger partial charge in [0, 0.05) is 24.3 Å². The number of aromatic nitrogens is 1. The Morgan fingerprint density at radius 1 is 1.32 bits per heavy atom. The fraction of sp³-hybridized carbons (Fsp3) is 0.294. The van der Waals surface area contributed by atoms with Gasteiger partial charge in [-0.2, -0.15) is 0 Å². The number of carbonyl (C=O) groups excluding carboxylic acids is 1. The van der Waals surface area contributed by atoms with Crippen LogP contribution < -0.4 is 9.62 Å². The van der Waals surface area contributed by atoms with Crippen molar-refractivity contribution in [2.45, 2.75) is 12.3 Å². The lowest BCUT2D eigenvalue weighted by molar-refractivity contribution is -0.119. The van der Waals surface area contributed by atoms with Crippen LogP contribution in [0, 0.1) is 0 Å². The first-order valence-electron chi connectivity index (χ1n) is 7.79. The van der Waals surface area contributed by atoms with Crippen molar-refractivity contribution in [2.75, 3.05) is 24.2 Å². The highest BCUT2D eigenvalue weighted by molar-refractivity contribution is 7.88. The van der Waals surface area contributed by atoms with Gasteiger partial charge in [-0.3, -0.25) is 9.78 Å². The van der Waals surface area contributed by atoms with E-state index in [1.165, 1.54) is 0 Å². The predicted molar refractivity (Wildman–Crippen MR) is 97.3 cm³/mol. The molecule has 0 spiro atoms. The highest BCUT2D eigenvalue weighted by Crippen LogP contribution is 2.30. The number of pyridine rings is 1. The average molecular weight is 380 g/mol. The summed E-state index contributed by atoms with van der Waals surface area (Å²) in [5.74, 6) is -0.802. The Labute approximate surface area is 151 Å². The number of amides is 1. The number of hydrogen-bond acceptors (Lipinski definition) is 4. The van der Waals surface area contributed by atoms with Gasteiger partial charge in [0.05, 0.1) is 24.1 Å². The maximum atomic E-state index is 13.1. The van der Waals surface area contributed by atoms with Crippen molar-refractivity contribution >= 4 is 33.2 Å². The van der Waals surface area contributed by atoms with Crippen molar-refractivity contribution in [2.24, 2.45) is 0 Å². The van der Waals surface area contributed by atoms with E-state index in [-0.39, 0.29) is 12.5 Å². The molecule has 1 aliphatic rings. The largest absolute Gasteiger partial charge is 0.310 e. The monoisotopic (exact) mass is 379 g/mol. The molecule has 0 unspecified atom stereocenters. The molecule has 6 nitrogen and oxygen atoms in total. The topological polar surface area (TPSA) is 79.4 Å². The van der Waals surface area contributed by atoms with Crippen molar-refractivity contribution < 1.29 is 13.2 Å². The molecule has 0 saturated carbocycles. The van der Waals surface area contributed by atoms with Crippen LogP contribution in [0.5, 0.6) is 0 Å². The van der Waals surface area contributed by atoms with Gasteiger partial charge < -0.3 is 4.90 Å². The third-order valence-electron chi connectivity index (χ3n) is 4.17. The van der Waals surface area contributed by atoms with E-state index in [2.05, 4.69) is 9.71 Å². The van der Waals surface area contributed by atoms with Crippen LogP contribution in [0.3, 0.4) is 0 Å². The van der Waals surface area contributed by atoms with Crippen LogP contribution >= 0.6 is 11.6 Å². The molecule has 1 aromatic carbocycles. The first-order valence-corrected chi connectivity index (χ1v) is 10.1. The van der Waals surface area contributed by atoms with Crippen LogP contribution in [0.2, 0.25) is 5.02 Å². The number of nitrogens with one attached hydrogen (secondary N) is 1. The number of nitrogens with zero attached hydrogens (tertiary/aromatic N) is 2. The molecule has 25 heavy (non-hydrogen) atoms. The number of hydrogen-bond donors (Lipinski definition) is 1. The van der Waals surface area contributed by atoms with E-state index in [0.29, 0.717) is 17.1 Å². The van der Waals surface area contributed by atoms with E-state index in [9.17, 15) is 13.2 Å². The molecule has 1 atom stereocenters. The normalized spacial score (nSPS) is 15.0. The van der Waals surface area contributed by atoms with Gasteiger partial charge in [0.1, 0.15) is 0 Å². The molecule has 0 fully saturated rings. The number of halogens is 1. The van der Waals surface area contributed by atoms with Gasteiger partial charge in [0.2, 0.25) is 15.9 Å². The third-order valence-corrected chi connectivity index (χ3v) is 5.11. The zero-order chi connectivity index (χ0) is 18.0. The van der Waals surface area contributed by atoms with E-state index < -0.39 is 15.9 Å². The van der Waals surface area contributed by atoms with Gasteiger partial charge in [-0.1, -0.05) is 23.7 Å². The summed E-state index contributed by atoms with van der Waals surface area (Å²) >= 11 is 5.92. The molecule has 1 aromatic heterocycles. The van der Waals surface area contributed by atoms with Crippen molar-refractivity contribution in [3.8, 4) is 0 Å². The van der Waals surface area contributed by atoms with Gasteiger partial charge in [-0.25, -0.2) is 13.1 Å². The molecule has 0 bridgehead atoms. The molecule has 2 aromatic rings. The minimum absolute atomic E-state index is 0.00854. The highest BCUT2D eigenvalue weighted by Gasteiger charge is 2.31. The highest BCUT2D eigenvalue weighted by atomic mass is 35.5. The summed E-state index contributed by atoms with van der Waals surface area (Å²) in [6, 6.07) is 8.77. The molecule has 8 heteroatoms. The minimum atomic E-state index is -3.41. The van der Waals surface area contributed by atoms with E-state index in [1.807, 2.05) is 6.07 Å². The lowest BCUT2D eigenvalue weighted by Crippen LogP contribution is -2.39. The zero-order valence-electron chi connectivity index (χ0n) is 13.6. The molecular weight excluding hydrogens is 362 g/mol. The molecule has 1 N–H and O–H groups in total. The van der Waals surface area contributed by atoms with Gasteiger partial charge in [0.15, 0.2) is 0 Å². The van der Waals surface area contributed by atoms with Gasteiger partial charge >= 0.3 is 0 Å². The second-order valence-corrected chi connectivity index (χ2v) is 8.24.